The van der Waals surface area contributed by atoms with Crippen LogP contribution in [0.1, 0.15) is 44.1 Å². The number of hydrogen-bond acceptors (Lipinski definition) is 9. The van der Waals surface area contributed by atoms with Crippen molar-refractivity contribution in [3.63, 3.8) is 0 Å². The zero-order valence-electron chi connectivity index (χ0n) is 21.3. The van der Waals surface area contributed by atoms with E-state index in [1.807, 2.05) is 0 Å². The molecule has 39 heavy (non-hydrogen) atoms. The summed E-state index contributed by atoms with van der Waals surface area (Å²) in [5.41, 5.74) is 16.7. The number of rotatable bonds is 18. The smallest absolute Gasteiger partial charge is 0.326 e. The molecule has 0 aliphatic carbocycles. The lowest BCUT2D eigenvalue weighted by Crippen LogP contribution is -2.57. The standard InChI is InChI=1S/C24H36N6O9/c25-10-2-1-3-16(22(36)30-18(24(38)39)11-13-4-6-14(31)7-5-13)29-23(37)17(8-9-19(27)32)28-21(35)15(26)12-20(33)34/h4-7,15-18,31H,1-3,8-12,25-26H2,(H2,27,32)(H,28,35)(H,29,37)(H,30,36)(H,33,34)(H,38,39). The third-order valence-corrected chi connectivity index (χ3v) is 5.61. The molecule has 4 atom stereocenters. The van der Waals surface area contributed by atoms with Gasteiger partial charge in [-0.1, -0.05) is 12.1 Å². The molecule has 0 saturated carbocycles. The molecule has 15 heteroatoms. The van der Waals surface area contributed by atoms with Crippen molar-refractivity contribution >= 4 is 35.6 Å². The lowest BCUT2D eigenvalue weighted by atomic mass is 10.0. The first-order valence-corrected chi connectivity index (χ1v) is 12.2. The lowest BCUT2D eigenvalue weighted by Gasteiger charge is -2.25. The molecule has 0 saturated heterocycles. The van der Waals surface area contributed by atoms with E-state index in [-0.39, 0.29) is 31.4 Å². The number of aromatic hydroxyl groups is 1. The number of phenols is 1. The van der Waals surface area contributed by atoms with Crippen LogP contribution in [0.25, 0.3) is 0 Å². The Balaban J connectivity index is 3.05. The number of carbonyl (C=O) groups excluding carboxylic acids is 4. The fourth-order valence-electron chi connectivity index (χ4n) is 3.49. The van der Waals surface area contributed by atoms with Gasteiger partial charge in [0.2, 0.25) is 23.6 Å². The van der Waals surface area contributed by atoms with Gasteiger partial charge in [-0.25, -0.2) is 4.79 Å². The van der Waals surface area contributed by atoms with E-state index >= 15 is 0 Å². The van der Waals surface area contributed by atoms with Gasteiger partial charge in [0.1, 0.15) is 23.9 Å². The number of hydrogen-bond donors (Lipinski definition) is 9. The molecule has 4 unspecified atom stereocenters. The second-order valence-corrected chi connectivity index (χ2v) is 8.89. The van der Waals surface area contributed by atoms with Crippen LogP contribution >= 0.6 is 0 Å². The van der Waals surface area contributed by atoms with Crippen molar-refractivity contribution < 1.29 is 44.1 Å². The van der Waals surface area contributed by atoms with Crippen molar-refractivity contribution in [1.82, 2.24) is 16.0 Å². The average Bonchev–Trinajstić information content (AvgIpc) is 2.85. The van der Waals surface area contributed by atoms with Gasteiger partial charge >= 0.3 is 11.9 Å². The molecular weight excluding hydrogens is 516 g/mol. The number of unbranched alkanes of at least 4 members (excludes halogenated alkanes) is 1. The maximum atomic E-state index is 13.1. The van der Waals surface area contributed by atoms with Crippen molar-refractivity contribution in [3.05, 3.63) is 29.8 Å². The normalized spacial score (nSPS) is 13.8. The summed E-state index contributed by atoms with van der Waals surface area (Å²) in [6.45, 7) is 0.305. The summed E-state index contributed by atoms with van der Waals surface area (Å²) in [5.74, 6) is -6.12. The van der Waals surface area contributed by atoms with Gasteiger partial charge in [-0.3, -0.25) is 24.0 Å². The quantitative estimate of drug-likeness (QED) is 0.0871. The Kier molecular flexibility index (Phi) is 13.9. The largest absolute Gasteiger partial charge is 0.508 e. The van der Waals surface area contributed by atoms with E-state index in [9.17, 15) is 39.0 Å². The number of primary amides is 1. The number of amides is 4. The van der Waals surface area contributed by atoms with E-state index in [1.54, 1.807) is 0 Å². The first-order chi connectivity index (χ1) is 18.3. The number of nitrogens with one attached hydrogen (secondary N) is 3. The summed E-state index contributed by atoms with van der Waals surface area (Å²) in [4.78, 5) is 72.4. The Morgan fingerprint density at radius 3 is 1.85 bits per heavy atom. The minimum absolute atomic E-state index is 0.0146. The van der Waals surface area contributed by atoms with Gasteiger partial charge in [0.25, 0.3) is 0 Å². The first kappa shape index (κ1) is 32.8. The van der Waals surface area contributed by atoms with Crippen molar-refractivity contribution in [3.8, 4) is 5.75 Å². The van der Waals surface area contributed by atoms with Gasteiger partial charge in [-0.2, -0.15) is 0 Å². The van der Waals surface area contributed by atoms with Crippen LogP contribution in [0.5, 0.6) is 5.75 Å². The fraction of sp³-hybridized carbons (Fsp3) is 0.500. The zero-order chi connectivity index (χ0) is 29.5. The highest BCUT2D eigenvalue weighted by Crippen LogP contribution is 2.12. The van der Waals surface area contributed by atoms with E-state index in [4.69, 9.17) is 22.3 Å². The Hall–Kier alpha value is -4.24. The van der Waals surface area contributed by atoms with Crippen molar-refractivity contribution in [2.75, 3.05) is 6.54 Å². The highest BCUT2D eigenvalue weighted by Gasteiger charge is 2.30. The summed E-state index contributed by atoms with van der Waals surface area (Å²) in [5, 5.41) is 35.0. The topological polar surface area (TPSA) is 277 Å². The summed E-state index contributed by atoms with van der Waals surface area (Å²) >= 11 is 0. The molecule has 0 aliphatic rings. The predicted octanol–water partition coefficient (Wildman–Crippen LogP) is -2.33. The first-order valence-electron chi connectivity index (χ1n) is 12.2. The molecular formula is C24H36N6O9. The summed E-state index contributed by atoms with van der Waals surface area (Å²) in [6.07, 6.45) is -0.420. The average molecular weight is 553 g/mol. The molecule has 0 bridgehead atoms. The fourth-order valence-corrected chi connectivity index (χ4v) is 3.49. The summed E-state index contributed by atoms with van der Waals surface area (Å²) < 4.78 is 0. The minimum atomic E-state index is -1.48. The van der Waals surface area contributed by atoms with Crippen LogP contribution < -0.4 is 33.2 Å². The Bertz CT molecular complexity index is 1020. The highest BCUT2D eigenvalue weighted by molar-refractivity contribution is 5.95. The van der Waals surface area contributed by atoms with Gasteiger partial charge in [-0.05, 0) is 49.9 Å². The Labute approximate surface area is 224 Å². The third kappa shape index (κ3) is 12.7. The van der Waals surface area contributed by atoms with Gasteiger partial charge in [-0.15, -0.1) is 0 Å². The van der Waals surface area contributed by atoms with Gasteiger partial charge < -0.3 is 48.5 Å². The second-order valence-electron chi connectivity index (χ2n) is 8.89. The molecule has 216 valence electrons. The van der Waals surface area contributed by atoms with Crippen LogP contribution in [0.3, 0.4) is 0 Å². The molecule has 0 heterocycles. The van der Waals surface area contributed by atoms with Crippen molar-refractivity contribution in [1.29, 1.82) is 0 Å². The van der Waals surface area contributed by atoms with Crippen LogP contribution in [0, 0.1) is 0 Å². The second kappa shape index (κ2) is 16.6. The van der Waals surface area contributed by atoms with E-state index < -0.39 is 66.2 Å². The molecule has 0 aliphatic heterocycles. The van der Waals surface area contributed by atoms with Gasteiger partial charge in [0.15, 0.2) is 0 Å². The minimum Gasteiger partial charge on any atom is -0.508 e. The number of aliphatic carboxylic acids is 2. The van der Waals surface area contributed by atoms with E-state index in [0.29, 0.717) is 24.9 Å². The number of carboxylic acid groups (broad SMARTS) is 2. The molecule has 0 aromatic heterocycles. The molecule has 0 fully saturated rings. The number of nitrogens with two attached hydrogens (primary N) is 3. The summed E-state index contributed by atoms with van der Waals surface area (Å²) in [7, 11) is 0. The molecule has 12 N–H and O–H groups in total. The van der Waals surface area contributed by atoms with Crippen LogP contribution in [-0.2, 0) is 35.2 Å². The molecule has 1 aromatic carbocycles. The van der Waals surface area contributed by atoms with Gasteiger partial charge in [0.05, 0.1) is 12.5 Å². The van der Waals surface area contributed by atoms with E-state index in [1.165, 1.54) is 24.3 Å². The number of phenolic OH excluding ortho intramolecular Hbond substituents is 1. The van der Waals surface area contributed by atoms with Crippen molar-refractivity contribution in [2.45, 2.75) is 69.1 Å². The van der Waals surface area contributed by atoms with Gasteiger partial charge in [0, 0.05) is 12.8 Å². The molecule has 4 amide bonds. The van der Waals surface area contributed by atoms with Crippen LogP contribution in [0.4, 0.5) is 0 Å². The third-order valence-electron chi connectivity index (χ3n) is 5.61. The zero-order valence-corrected chi connectivity index (χ0v) is 21.3. The monoisotopic (exact) mass is 552 g/mol. The van der Waals surface area contributed by atoms with Crippen LogP contribution in [0.15, 0.2) is 24.3 Å². The molecule has 0 radical (unpaired) electrons. The molecule has 0 spiro atoms. The summed E-state index contributed by atoms with van der Waals surface area (Å²) in [6, 6.07) is 0.275. The molecule has 1 rings (SSSR count). The SMILES string of the molecule is NCCCCC(NC(=O)C(CCC(N)=O)NC(=O)C(N)CC(=O)O)C(=O)NC(Cc1ccc(O)cc1)C(=O)O. The van der Waals surface area contributed by atoms with Crippen LogP contribution in [0.2, 0.25) is 0 Å². The molecule has 1 aromatic rings. The highest BCUT2D eigenvalue weighted by atomic mass is 16.4. The van der Waals surface area contributed by atoms with Crippen LogP contribution in [-0.4, -0.2) is 81.6 Å². The van der Waals surface area contributed by atoms with E-state index in [2.05, 4.69) is 16.0 Å². The maximum absolute atomic E-state index is 13.1. The Morgan fingerprint density at radius 2 is 1.33 bits per heavy atom. The lowest BCUT2D eigenvalue weighted by molar-refractivity contribution is -0.142. The number of carboxylic acids is 2. The molecule has 15 nitrogen and oxygen atoms in total. The van der Waals surface area contributed by atoms with E-state index in [0.717, 1.165) is 0 Å². The Morgan fingerprint density at radius 1 is 0.795 bits per heavy atom. The predicted molar refractivity (Wildman–Crippen MR) is 137 cm³/mol. The number of carbonyl (C=O) groups is 6. The number of benzene rings is 1. The maximum Gasteiger partial charge on any atom is 0.326 e. The van der Waals surface area contributed by atoms with Crippen molar-refractivity contribution in [2.24, 2.45) is 17.2 Å².